The van der Waals surface area contributed by atoms with E-state index in [2.05, 4.69) is 23.7 Å². The average Bonchev–Trinajstić information content (AvgIpc) is 3.29. The van der Waals surface area contributed by atoms with Crippen LogP contribution in [-0.4, -0.2) is 22.5 Å². The second-order valence-corrected chi connectivity index (χ2v) is 9.97. The highest BCUT2D eigenvalue weighted by atomic mass is 19.1. The third-order valence-electron chi connectivity index (χ3n) is 6.90. The van der Waals surface area contributed by atoms with E-state index in [9.17, 15) is 14.0 Å². The van der Waals surface area contributed by atoms with Gasteiger partial charge in [0.25, 0.3) is 5.91 Å². The normalized spacial score (nSPS) is 14.5. The molecule has 0 saturated heterocycles. The van der Waals surface area contributed by atoms with Crippen LogP contribution in [-0.2, 0) is 16.1 Å². The van der Waals surface area contributed by atoms with Gasteiger partial charge in [-0.3, -0.25) is 4.79 Å². The van der Waals surface area contributed by atoms with Gasteiger partial charge in [0.15, 0.2) is 0 Å². The number of carbonyl (C=O) groups is 2. The van der Waals surface area contributed by atoms with Gasteiger partial charge in [0, 0.05) is 42.4 Å². The van der Waals surface area contributed by atoms with Crippen LogP contribution in [0.25, 0.3) is 22.4 Å². The maximum atomic E-state index is 14.1. The van der Waals surface area contributed by atoms with Crippen molar-refractivity contribution in [2.24, 2.45) is 0 Å². The summed E-state index contributed by atoms with van der Waals surface area (Å²) in [6, 6.07) is 25.6. The number of hydrogen-bond acceptors (Lipinski definition) is 3. The first-order valence-electron chi connectivity index (χ1n) is 13.2. The molecule has 0 saturated carbocycles. The molecule has 0 fully saturated rings. The van der Waals surface area contributed by atoms with Gasteiger partial charge in [0.2, 0.25) is 0 Å². The Labute approximate surface area is 235 Å². The second-order valence-electron chi connectivity index (χ2n) is 9.97. The number of ether oxygens (including phenoxy) is 1. The molecule has 4 aromatic rings. The SMILES string of the molecule is C.CC(C)c1c(C(=O)Nc2ccccc2)c(-c2ccccc2)c(-c2ccc(F)cc2)n1CC[C@@H]1CC=CC(=O)O1. The molecule has 2 heterocycles. The summed E-state index contributed by atoms with van der Waals surface area (Å²) in [5.74, 6) is -0.885. The molecule has 206 valence electrons. The first-order chi connectivity index (χ1) is 18.9. The third-order valence-corrected chi connectivity index (χ3v) is 6.90. The van der Waals surface area contributed by atoms with Crippen molar-refractivity contribution in [1.82, 2.24) is 4.57 Å². The van der Waals surface area contributed by atoms with Crippen LogP contribution in [0.3, 0.4) is 0 Å². The van der Waals surface area contributed by atoms with Crippen LogP contribution in [0.15, 0.2) is 97.1 Å². The second kappa shape index (κ2) is 12.6. The summed E-state index contributed by atoms with van der Waals surface area (Å²) in [5, 5.41) is 3.09. The smallest absolute Gasteiger partial charge is 0.330 e. The molecular formula is C34H35FN2O3. The number of amides is 1. The van der Waals surface area contributed by atoms with E-state index in [-0.39, 0.29) is 37.1 Å². The van der Waals surface area contributed by atoms with Crippen LogP contribution in [0.4, 0.5) is 10.1 Å². The zero-order valence-electron chi connectivity index (χ0n) is 22.1. The first kappa shape index (κ1) is 28.6. The summed E-state index contributed by atoms with van der Waals surface area (Å²) < 4.78 is 21.7. The molecule has 1 N–H and O–H groups in total. The van der Waals surface area contributed by atoms with Crippen molar-refractivity contribution in [2.75, 3.05) is 5.32 Å². The molecule has 0 aliphatic carbocycles. The largest absolute Gasteiger partial charge is 0.459 e. The fourth-order valence-electron chi connectivity index (χ4n) is 5.23. The lowest BCUT2D eigenvalue weighted by Crippen LogP contribution is -2.22. The van der Waals surface area contributed by atoms with Crippen molar-refractivity contribution < 1.29 is 18.7 Å². The Balaban J connectivity index is 0.00000370. The van der Waals surface area contributed by atoms with Gasteiger partial charge in [-0.15, -0.1) is 0 Å². The van der Waals surface area contributed by atoms with E-state index in [0.29, 0.717) is 30.6 Å². The number of halogens is 1. The highest BCUT2D eigenvalue weighted by molar-refractivity contribution is 6.12. The Morgan fingerprint density at radius 1 is 0.975 bits per heavy atom. The number of rotatable bonds is 8. The molecule has 5 rings (SSSR count). The maximum absolute atomic E-state index is 14.1. The molecular weight excluding hydrogens is 503 g/mol. The third kappa shape index (κ3) is 6.07. The van der Waals surface area contributed by atoms with E-state index in [1.54, 1.807) is 12.1 Å². The number of esters is 1. The summed E-state index contributed by atoms with van der Waals surface area (Å²) in [7, 11) is 0. The summed E-state index contributed by atoms with van der Waals surface area (Å²) in [6.45, 7) is 4.65. The fraction of sp³-hybridized carbons (Fsp3) is 0.235. The number of cyclic esters (lactones) is 1. The van der Waals surface area contributed by atoms with Gasteiger partial charge in [0.05, 0.1) is 11.3 Å². The van der Waals surface area contributed by atoms with Gasteiger partial charge in [0.1, 0.15) is 11.9 Å². The molecule has 1 aromatic heterocycles. The van der Waals surface area contributed by atoms with E-state index in [4.69, 9.17) is 4.74 Å². The van der Waals surface area contributed by atoms with Crippen molar-refractivity contribution >= 4 is 17.6 Å². The lowest BCUT2D eigenvalue weighted by Gasteiger charge is -2.22. The topological polar surface area (TPSA) is 60.3 Å². The number of aromatic nitrogens is 1. The van der Waals surface area contributed by atoms with Crippen molar-refractivity contribution in [3.63, 3.8) is 0 Å². The number of anilines is 1. The summed E-state index contributed by atoms with van der Waals surface area (Å²) in [6.07, 6.45) is 4.25. The standard InChI is InChI=1S/C33H31FN2O3.CH4/c1-22(2)31-30(33(38)35-26-12-7-4-8-13-26)29(23-10-5-3-6-11-23)32(24-16-18-25(34)19-17-24)36(31)21-20-27-14-9-15-28(37)39-27;/h3-13,15-19,22,27H,14,20-21H2,1-2H3,(H,35,38);1H4/t27-;/m0./s1. The Kier molecular flexibility index (Phi) is 9.00. The Morgan fingerprint density at radius 2 is 1.62 bits per heavy atom. The van der Waals surface area contributed by atoms with E-state index >= 15 is 0 Å². The number of nitrogens with one attached hydrogen (secondary N) is 1. The zero-order valence-corrected chi connectivity index (χ0v) is 22.1. The zero-order chi connectivity index (χ0) is 27.4. The van der Waals surface area contributed by atoms with Gasteiger partial charge in [-0.1, -0.05) is 75.9 Å². The summed E-state index contributed by atoms with van der Waals surface area (Å²) >= 11 is 0. The maximum Gasteiger partial charge on any atom is 0.330 e. The van der Waals surface area contributed by atoms with E-state index in [1.807, 2.05) is 66.7 Å². The van der Waals surface area contributed by atoms with E-state index in [0.717, 1.165) is 28.1 Å². The number of hydrogen-bond donors (Lipinski definition) is 1. The van der Waals surface area contributed by atoms with E-state index < -0.39 is 0 Å². The van der Waals surface area contributed by atoms with Crippen molar-refractivity contribution in [3.8, 4) is 22.4 Å². The molecule has 6 heteroatoms. The highest BCUT2D eigenvalue weighted by Crippen LogP contribution is 2.42. The van der Waals surface area contributed by atoms with Gasteiger partial charge in [-0.05, 0) is 53.4 Å². The van der Waals surface area contributed by atoms with Crippen LogP contribution in [0.5, 0.6) is 0 Å². The average molecular weight is 539 g/mol. The molecule has 0 bridgehead atoms. The molecule has 3 aromatic carbocycles. The quantitative estimate of drug-likeness (QED) is 0.230. The molecule has 0 spiro atoms. The van der Waals surface area contributed by atoms with Crippen molar-refractivity contribution in [1.29, 1.82) is 0 Å². The number of nitrogens with zero attached hydrogens (tertiary/aromatic N) is 1. The summed E-state index contributed by atoms with van der Waals surface area (Å²) in [5.41, 5.74) is 5.48. The summed E-state index contributed by atoms with van der Waals surface area (Å²) in [4.78, 5) is 26.0. The minimum Gasteiger partial charge on any atom is -0.459 e. The predicted octanol–water partition coefficient (Wildman–Crippen LogP) is 8.23. The van der Waals surface area contributed by atoms with Gasteiger partial charge in [-0.2, -0.15) is 0 Å². The van der Waals surface area contributed by atoms with Gasteiger partial charge < -0.3 is 14.6 Å². The highest BCUT2D eigenvalue weighted by Gasteiger charge is 2.31. The number of benzene rings is 3. The van der Waals surface area contributed by atoms with Crippen LogP contribution in [0.2, 0.25) is 0 Å². The first-order valence-corrected chi connectivity index (χ1v) is 13.2. The van der Waals surface area contributed by atoms with Crippen LogP contribution >= 0.6 is 0 Å². The molecule has 0 unspecified atom stereocenters. The van der Waals surface area contributed by atoms with Crippen molar-refractivity contribution in [2.45, 2.75) is 52.7 Å². The molecule has 0 radical (unpaired) electrons. The van der Waals surface area contributed by atoms with Crippen LogP contribution in [0, 0.1) is 5.82 Å². The van der Waals surface area contributed by atoms with Gasteiger partial charge >= 0.3 is 5.97 Å². The fourth-order valence-corrected chi connectivity index (χ4v) is 5.23. The molecule has 1 atom stereocenters. The molecule has 5 nitrogen and oxygen atoms in total. The molecule has 1 aliphatic heterocycles. The predicted molar refractivity (Wildman–Crippen MR) is 159 cm³/mol. The lowest BCUT2D eigenvalue weighted by atomic mass is 9.94. The Hall–Kier alpha value is -4.45. The molecule has 1 amide bonds. The van der Waals surface area contributed by atoms with E-state index in [1.165, 1.54) is 18.2 Å². The lowest BCUT2D eigenvalue weighted by molar-refractivity contribution is -0.144. The number of para-hydroxylation sites is 1. The van der Waals surface area contributed by atoms with Crippen molar-refractivity contribution in [3.05, 3.63) is 114 Å². The number of carbonyl (C=O) groups excluding carboxylic acids is 2. The van der Waals surface area contributed by atoms with Crippen LogP contribution < -0.4 is 5.32 Å². The minimum absolute atomic E-state index is 0. The Bertz CT molecular complexity index is 1490. The monoisotopic (exact) mass is 538 g/mol. The van der Waals surface area contributed by atoms with Gasteiger partial charge in [-0.25, -0.2) is 9.18 Å². The minimum atomic E-state index is -0.338. The van der Waals surface area contributed by atoms with Crippen LogP contribution in [0.1, 0.15) is 56.1 Å². The molecule has 40 heavy (non-hydrogen) atoms. The molecule has 1 aliphatic rings. The Morgan fingerprint density at radius 3 is 2.25 bits per heavy atom.